The van der Waals surface area contributed by atoms with Crippen LogP contribution in [0.3, 0.4) is 0 Å². The zero-order valence-corrected chi connectivity index (χ0v) is 19.1. The van der Waals surface area contributed by atoms with Crippen LogP contribution in [-0.4, -0.2) is 60.9 Å². The summed E-state index contributed by atoms with van der Waals surface area (Å²) < 4.78 is 5.23. The van der Waals surface area contributed by atoms with Crippen LogP contribution in [0.15, 0.2) is 23.3 Å². The first-order chi connectivity index (χ1) is 15.0. The van der Waals surface area contributed by atoms with Crippen LogP contribution in [0.25, 0.3) is 5.70 Å². The van der Waals surface area contributed by atoms with Crippen molar-refractivity contribution in [1.29, 1.82) is 0 Å². The predicted molar refractivity (Wildman–Crippen MR) is 125 cm³/mol. The van der Waals surface area contributed by atoms with Crippen molar-refractivity contribution in [3.8, 4) is 0 Å². The first-order valence-corrected chi connectivity index (χ1v) is 11.6. The lowest BCUT2D eigenvalue weighted by Crippen LogP contribution is -2.43. The Morgan fingerprint density at radius 1 is 1.23 bits per heavy atom. The predicted octanol–water partition coefficient (Wildman–Crippen LogP) is 2.51. The van der Waals surface area contributed by atoms with E-state index in [9.17, 15) is 0 Å². The fraction of sp³-hybridized carbons (Fsp3) is 0.696. The van der Waals surface area contributed by atoms with Gasteiger partial charge in [-0.2, -0.15) is 0 Å². The summed E-state index contributed by atoms with van der Waals surface area (Å²) in [7, 11) is 1.75. The van der Waals surface area contributed by atoms with Crippen LogP contribution in [0.2, 0.25) is 0 Å². The number of hydrogen-bond acceptors (Lipinski definition) is 8. The van der Waals surface area contributed by atoms with Gasteiger partial charge in [-0.15, -0.1) is 0 Å². The number of anilines is 1. The third-order valence-corrected chi connectivity index (χ3v) is 6.53. The molecule has 0 spiro atoms. The number of aliphatic imine (C=N–C) groups is 1. The van der Waals surface area contributed by atoms with Crippen LogP contribution >= 0.6 is 0 Å². The summed E-state index contributed by atoms with van der Waals surface area (Å²) in [5.41, 5.74) is 2.33. The normalized spacial score (nSPS) is 25.6. The molecule has 2 fully saturated rings. The van der Waals surface area contributed by atoms with Gasteiger partial charge in [-0.05, 0) is 56.9 Å². The molecule has 4 rings (SSSR count). The highest BCUT2D eigenvalue weighted by molar-refractivity contribution is 5.99. The number of methoxy groups -OCH3 is 1. The summed E-state index contributed by atoms with van der Waals surface area (Å²) in [4.78, 5) is 13.8. The molecular weight excluding hydrogens is 390 g/mol. The summed E-state index contributed by atoms with van der Waals surface area (Å²) in [6.07, 6.45) is 11.0. The van der Waals surface area contributed by atoms with Gasteiger partial charge in [-0.25, -0.2) is 15.0 Å². The molecule has 2 aliphatic carbocycles. The van der Waals surface area contributed by atoms with Gasteiger partial charge >= 0.3 is 0 Å². The Hall–Kier alpha value is -2.19. The second kappa shape index (κ2) is 9.96. The second-order valence-corrected chi connectivity index (χ2v) is 9.58. The molecule has 31 heavy (non-hydrogen) atoms. The standard InChI is InChI=1S/C23H37N7O/c1-16(13-31-3)28-17-4-6-18(7-5-17)29-22-24-11-8-19(30-22)20-12-21(27-15-26-20)25-14-23(2)9-10-23/h8,11-12,16-18,26,28H,4-7,9-10,13-15H2,1-3H3,(H,25,27)(H,24,29,30)/t16-,17?,18?/m1/s1. The molecule has 0 amide bonds. The van der Waals surface area contributed by atoms with E-state index in [0.717, 1.165) is 56.1 Å². The van der Waals surface area contributed by atoms with Crippen LogP contribution in [0.5, 0.6) is 0 Å². The summed E-state index contributed by atoms with van der Waals surface area (Å²) in [6, 6.07) is 3.33. The maximum atomic E-state index is 5.23. The van der Waals surface area contributed by atoms with Crippen molar-refractivity contribution < 1.29 is 4.74 Å². The van der Waals surface area contributed by atoms with E-state index in [1.807, 2.05) is 12.3 Å². The molecule has 4 N–H and O–H groups in total. The molecule has 2 saturated carbocycles. The number of ether oxygens (including phenoxy) is 1. The number of rotatable bonds is 9. The van der Waals surface area contributed by atoms with Gasteiger partial charge < -0.3 is 26.0 Å². The molecule has 1 aromatic heterocycles. The number of nitrogens with one attached hydrogen (secondary N) is 4. The van der Waals surface area contributed by atoms with Crippen molar-refractivity contribution in [3.63, 3.8) is 0 Å². The van der Waals surface area contributed by atoms with Crippen molar-refractivity contribution >= 4 is 17.5 Å². The number of amidine groups is 1. The summed E-state index contributed by atoms with van der Waals surface area (Å²) in [5, 5.41) is 14.0. The third-order valence-electron chi connectivity index (χ3n) is 6.53. The Morgan fingerprint density at radius 3 is 2.74 bits per heavy atom. The molecule has 2 heterocycles. The minimum Gasteiger partial charge on any atom is -0.383 e. The smallest absolute Gasteiger partial charge is 0.223 e. The highest BCUT2D eigenvalue weighted by Crippen LogP contribution is 2.44. The average molecular weight is 428 g/mol. The molecule has 0 saturated heterocycles. The van der Waals surface area contributed by atoms with Gasteiger partial charge in [0.15, 0.2) is 0 Å². The van der Waals surface area contributed by atoms with Crippen molar-refractivity contribution in [1.82, 2.24) is 25.9 Å². The van der Waals surface area contributed by atoms with Gasteiger partial charge in [0.1, 0.15) is 12.5 Å². The van der Waals surface area contributed by atoms with E-state index in [1.54, 1.807) is 7.11 Å². The van der Waals surface area contributed by atoms with E-state index < -0.39 is 0 Å². The van der Waals surface area contributed by atoms with E-state index in [0.29, 0.717) is 36.2 Å². The molecule has 1 aliphatic heterocycles. The topological polar surface area (TPSA) is 95.5 Å². The first kappa shape index (κ1) is 22.0. The first-order valence-electron chi connectivity index (χ1n) is 11.6. The fourth-order valence-corrected chi connectivity index (χ4v) is 4.27. The zero-order chi connectivity index (χ0) is 21.7. The molecule has 8 heteroatoms. The van der Waals surface area contributed by atoms with Gasteiger partial charge in [0.25, 0.3) is 0 Å². The molecule has 1 aromatic rings. The van der Waals surface area contributed by atoms with Gasteiger partial charge in [0.05, 0.1) is 18.0 Å². The van der Waals surface area contributed by atoms with Crippen molar-refractivity contribution in [3.05, 3.63) is 24.0 Å². The summed E-state index contributed by atoms with van der Waals surface area (Å²) in [5.74, 6) is 1.63. The molecule has 0 aromatic carbocycles. The van der Waals surface area contributed by atoms with Crippen LogP contribution in [0.4, 0.5) is 5.95 Å². The van der Waals surface area contributed by atoms with E-state index in [4.69, 9.17) is 9.72 Å². The zero-order valence-electron chi connectivity index (χ0n) is 19.1. The van der Waals surface area contributed by atoms with E-state index in [2.05, 4.69) is 51.2 Å². The molecule has 0 radical (unpaired) electrons. The lowest BCUT2D eigenvalue weighted by Gasteiger charge is -2.31. The maximum Gasteiger partial charge on any atom is 0.223 e. The third kappa shape index (κ3) is 6.40. The fourth-order valence-electron chi connectivity index (χ4n) is 4.27. The molecule has 0 unspecified atom stereocenters. The Morgan fingerprint density at radius 2 is 2.00 bits per heavy atom. The summed E-state index contributed by atoms with van der Waals surface area (Å²) >= 11 is 0. The Balaban J connectivity index is 1.29. The monoisotopic (exact) mass is 427 g/mol. The molecule has 0 bridgehead atoms. The summed E-state index contributed by atoms with van der Waals surface area (Å²) in [6.45, 7) is 6.80. The molecule has 1 atom stereocenters. The van der Waals surface area contributed by atoms with Crippen LogP contribution in [-0.2, 0) is 4.74 Å². The van der Waals surface area contributed by atoms with Crippen LogP contribution < -0.4 is 21.3 Å². The maximum absolute atomic E-state index is 5.23. The minimum atomic E-state index is 0.394. The second-order valence-electron chi connectivity index (χ2n) is 9.58. The Kier molecular flexibility index (Phi) is 7.07. The van der Waals surface area contributed by atoms with Gasteiger partial charge in [0, 0.05) is 44.1 Å². The average Bonchev–Trinajstić information content (AvgIpc) is 3.52. The SMILES string of the molecule is COC[C@@H](C)NC1CCC(Nc2nccc(C3=CC(NCC4(C)CC4)=NCN3)n2)CC1. The molecule has 8 nitrogen and oxygen atoms in total. The molecular formula is C23H37N7O. The quantitative estimate of drug-likeness (QED) is 0.481. The minimum absolute atomic E-state index is 0.394. The van der Waals surface area contributed by atoms with Crippen molar-refractivity contribution in [2.75, 3.05) is 32.2 Å². The number of hydrogen-bond donors (Lipinski definition) is 4. The van der Waals surface area contributed by atoms with Crippen LogP contribution in [0.1, 0.15) is 58.1 Å². The van der Waals surface area contributed by atoms with E-state index >= 15 is 0 Å². The lowest BCUT2D eigenvalue weighted by atomic mass is 9.91. The largest absolute Gasteiger partial charge is 0.383 e. The van der Waals surface area contributed by atoms with Crippen molar-refractivity contribution in [2.24, 2.45) is 10.4 Å². The molecule has 3 aliphatic rings. The Labute approximate surface area is 185 Å². The number of nitrogens with zero attached hydrogens (tertiary/aromatic N) is 3. The Bertz CT molecular complexity index is 797. The van der Waals surface area contributed by atoms with Gasteiger partial charge in [0.2, 0.25) is 5.95 Å². The highest BCUT2D eigenvalue weighted by Gasteiger charge is 2.37. The van der Waals surface area contributed by atoms with Gasteiger partial charge in [-0.1, -0.05) is 6.92 Å². The highest BCUT2D eigenvalue weighted by atomic mass is 16.5. The lowest BCUT2D eigenvalue weighted by molar-refractivity contribution is 0.161. The van der Waals surface area contributed by atoms with E-state index in [-0.39, 0.29) is 0 Å². The number of aromatic nitrogens is 2. The van der Waals surface area contributed by atoms with Crippen LogP contribution in [0, 0.1) is 5.41 Å². The van der Waals surface area contributed by atoms with Gasteiger partial charge in [-0.3, -0.25) is 0 Å². The molecule has 170 valence electrons. The van der Waals surface area contributed by atoms with Crippen molar-refractivity contribution in [2.45, 2.75) is 70.5 Å². The van der Waals surface area contributed by atoms with E-state index in [1.165, 1.54) is 12.8 Å².